The van der Waals surface area contributed by atoms with E-state index in [4.69, 9.17) is 15.6 Å². The van der Waals surface area contributed by atoms with Gasteiger partial charge < -0.3 is 20.5 Å². The van der Waals surface area contributed by atoms with E-state index >= 15 is 0 Å². The highest BCUT2D eigenvalue weighted by atomic mass is 16.5. The second-order valence-electron chi connectivity index (χ2n) is 4.65. The van der Waals surface area contributed by atoms with Gasteiger partial charge in [-0.25, -0.2) is 0 Å². The van der Waals surface area contributed by atoms with Gasteiger partial charge in [-0.3, -0.25) is 4.79 Å². The van der Waals surface area contributed by atoms with E-state index in [0.29, 0.717) is 32.5 Å². The Morgan fingerprint density at radius 2 is 2.05 bits per heavy atom. The Morgan fingerprint density at radius 1 is 1.35 bits per heavy atom. The van der Waals surface area contributed by atoms with Crippen molar-refractivity contribution < 1.29 is 14.6 Å². The van der Waals surface area contributed by atoms with E-state index < -0.39 is 0 Å². The fraction of sp³-hybridized carbons (Fsp3) is 0.533. The van der Waals surface area contributed by atoms with E-state index in [-0.39, 0.29) is 18.6 Å². The highest BCUT2D eigenvalue weighted by molar-refractivity contribution is 5.76. The molecule has 1 rings (SSSR count). The smallest absolute Gasteiger partial charge is 0.222 e. The lowest BCUT2D eigenvalue weighted by Gasteiger charge is -2.22. The zero-order valence-corrected chi connectivity index (χ0v) is 12.0. The number of nitrogens with two attached hydrogens (primary N) is 1. The number of hydrogen-bond donors (Lipinski definition) is 2. The molecule has 0 fully saturated rings. The molecule has 20 heavy (non-hydrogen) atoms. The third-order valence-corrected chi connectivity index (χ3v) is 3.18. The lowest BCUT2D eigenvalue weighted by molar-refractivity contribution is -0.132. The molecule has 0 aliphatic rings. The molecule has 0 bridgehead atoms. The molecule has 1 aromatic rings. The van der Waals surface area contributed by atoms with Gasteiger partial charge in [0, 0.05) is 32.7 Å². The molecule has 5 heteroatoms. The van der Waals surface area contributed by atoms with Crippen LogP contribution in [0.2, 0.25) is 0 Å². The second-order valence-corrected chi connectivity index (χ2v) is 4.65. The molecule has 1 aromatic carbocycles. The quantitative estimate of drug-likeness (QED) is 0.705. The van der Waals surface area contributed by atoms with Crippen molar-refractivity contribution >= 4 is 5.91 Å². The van der Waals surface area contributed by atoms with Crippen molar-refractivity contribution in [3.8, 4) is 0 Å². The lowest BCUT2D eigenvalue weighted by Crippen LogP contribution is -2.36. The minimum Gasteiger partial charge on any atom is -0.395 e. The molecule has 0 aliphatic carbocycles. The van der Waals surface area contributed by atoms with Crippen LogP contribution in [0.1, 0.15) is 24.4 Å². The Morgan fingerprint density at radius 3 is 2.65 bits per heavy atom. The molecule has 1 amide bonds. The van der Waals surface area contributed by atoms with Gasteiger partial charge in [0.25, 0.3) is 0 Å². The number of hydrogen-bond acceptors (Lipinski definition) is 4. The Kier molecular flexibility index (Phi) is 7.87. The number of aliphatic hydroxyl groups is 1. The first kappa shape index (κ1) is 16.6. The van der Waals surface area contributed by atoms with Crippen LogP contribution in [-0.2, 0) is 9.53 Å². The van der Waals surface area contributed by atoms with Crippen LogP contribution in [0.5, 0.6) is 0 Å². The zero-order valence-electron chi connectivity index (χ0n) is 12.0. The van der Waals surface area contributed by atoms with Crippen LogP contribution >= 0.6 is 0 Å². The van der Waals surface area contributed by atoms with Crippen molar-refractivity contribution in [1.82, 2.24) is 4.90 Å². The number of amides is 1. The number of nitrogens with zero attached hydrogens (tertiary/aromatic N) is 1. The van der Waals surface area contributed by atoms with Crippen molar-refractivity contribution in [3.63, 3.8) is 0 Å². The Hall–Kier alpha value is -1.43. The average molecular weight is 280 g/mol. The van der Waals surface area contributed by atoms with Gasteiger partial charge in [0.15, 0.2) is 0 Å². The van der Waals surface area contributed by atoms with Crippen LogP contribution in [0.3, 0.4) is 0 Å². The number of carbonyl (C=O) groups excluding carboxylic acids is 1. The molecule has 0 spiro atoms. The summed E-state index contributed by atoms with van der Waals surface area (Å²) >= 11 is 0. The summed E-state index contributed by atoms with van der Waals surface area (Å²) < 4.78 is 4.96. The minimum absolute atomic E-state index is 0.00230. The molecular formula is C15H24N2O3. The van der Waals surface area contributed by atoms with Crippen molar-refractivity contribution in [2.24, 2.45) is 5.73 Å². The van der Waals surface area contributed by atoms with E-state index in [9.17, 15) is 4.79 Å². The minimum atomic E-state index is -0.140. The van der Waals surface area contributed by atoms with Gasteiger partial charge in [0.1, 0.15) is 0 Å². The summed E-state index contributed by atoms with van der Waals surface area (Å²) in [6.07, 6.45) is 0.970. The van der Waals surface area contributed by atoms with Crippen LogP contribution in [0.25, 0.3) is 0 Å². The van der Waals surface area contributed by atoms with Crippen LogP contribution in [-0.4, -0.2) is 49.3 Å². The molecule has 0 aliphatic heterocycles. The van der Waals surface area contributed by atoms with E-state index in [2.05, 4.69) is 0 Å². The molecular weight excluding hydrogens is 256 g/mol. The third kappa shape index (κ3) is 5.69. The molecule has 3 N–H and O–H groups in total. The van der Waals surface area contributed by atoms with Gasteiger partial charge in [-0.2, -0.15) is 0 Å². The number of carbonyl (C=O) groups is 1. The maximum absolute atomic E-state index is 12.1. The molecule has 0 radical (unpaired) electrons. The highest BCUT2D eigenvalue weighted by Gasteiger charge is 2.14. The first-order valence-electron chi connectivity index (χ1n) is 6.87. The molecule has 112 valence electrons. The standard InChI is InChI=1S/C15H24N2O3/c1-20-12-10-17(9-11-18)15(19)8-7-14(16)13-5-3-2-4-6-13/h2-6,14,18H,7-12,16H2,1H3. The largest absolute Gasteiger partial charge is 0.395 e. The average Bonchev–Trinajstić information content (AvgIpc) is 2.49. The van der Waals surface area contributed by atoms with Crippen molar-refractivity contribution in [3.05, 3.63) is 35.9 Å². The third-order valence-electron chi connectivity index (χ3n) is 3.18. The van der Waals surface area contributed by atoms with Gasteiger partial charge in [0.05, 0.1) is 13.2 Å². The number of rotatable bonds is 9. The van der Waals surface area contributed by atoms with Crippen molar-refractivity contribution in [1.29, 1.82) is 0 Å². The second kappa shape index (κ2) is 9.47. The zero-order chi connectivity index (χ0) is 14.8. The number of aliphatic hydroxyl groups excluding tert-OH is 1. The summed E-state index contributed by atoms with van der Waals surface area (Å²) in [5, 5.41) is 8.98. The van der Waals surface area contributed by atoms with Crippen LogP contribution in [0.15, 0.2) is 30.3 Å². The van der Waals surface area contributed by atoms with Gasteiger partial charge in [-0.15, -0.1) is 0 Å². The van der Waals surface area contributed by atoms with Gasteiger partial charge >= 0.3 is 0 Å². The molecule has 0 aromatic heterocycles. The van der Waals surface area contributed by atoms with Crippen LogP contribution in [0, 0.1) is 0 Å². The Bertz CT molecular complexity index is 384. The molecule has 0 saturated carbocycles. The summed E-state index contributed by atoms with van der Waals surface area (Å²) in [5.74, 6) is 0.00230. The topological polar surface area (TPSA) is 75.8 Å². The summed E-state index contributed by atoms with van der Waals surface area (Å²) in [4.78, 5) is 13.7. The number of methoxy groups -OCH3 is 1. The maximum Gasteiger partial charge on any atom is 0.222 e. The maximum atomic E-state index is 12.1. The fourth-order valence-corrected chi connectivity index (χ4v) is 1.99. The normalized spacial score (nSPS) is 12.2. The first-order valence-corrected chi connectivity index (χ1v) is 6.87. The fourth-order valence-electron chi connectivity index (χ4n) is 1.99. The van der Waals surface area contributed by atoms with Gasteiger partial charge in [-0.1, -0.05) is 30.3 Å². The van der Waals surface area contributed by atoms with Crippen LogP contribution in [0.4, 0.5) is 0 Å². The predicted octanol–water partition coefficient (Wildman–Crippen LogP) is 0.934. The number of benzene rings is 1. The summed E-state index contributed by atoms with van der Waals surface area (Å²) in [6, 6.07) is 9.60. The van der Waals surface area contributed by atoms with Gasteiger partial charge in [0.2, 0.25) is 5.91 Å². The SMILES string of the molecule is COCCN(CCO)C(=O)CCC(N)c1ccccc1. The number of ether oxygens (including phenoxy) is 1. The predicted molar refractivity (Wildman–Crippen MR) is 78.1 cm³/mol. The first-order chi connectivity index (χ1) is 9.69. The molecule has 0 heterocycles. The Labute approximate surface area is 120 Å². The van der Waals surface area contributed by atoms with Crippen molar-refractivity contribution in [2.45, 2.75) is 18.9 Å². The monoisotopic (exact) mass is 280 g/mol. The molecule has 0 saturated heterocycles. The van der Waals surface area contributed by atoms with E-state index in [0.717, 1.165) is 5.56 Å². The summed E-state index contributed by atoms with van der Waals surface area (Å²) in [7, 11) is 1.59. The molecule has 5 nitrogen and oxygen atoms in total. The van der Waals surface area contributed by atoms with E-state index in [1.807, 2.05) is 30.3 Å². The summed E-state index contributed by atoms with van der Waals surface area (Å²) in [6.45, 7) is 1.26. The summed E-state index contributed by atoms with van der Waals surface area (Å²) in [5.41, 5.74) is 7.11. The Balaban J connectivity index is 2.43. The molecule has 1 unspecified atom stereocenters. The highest BCUT2D eigenvalue weighted by Crippen LogP contribution is 2.15. The van der Waals surface area contributed by atoms with Crippen LogP contribution < -0.4 is 5.73 Å². The molecule has 1 atom stereocenters. The lowest BCUT2D eigenvalue weighted by atomic mass is 10.0. The van der Waals surface area contributed by atoms with E-state index in [1.54, 1.807) is 12.0 Å². The van der Waals surface area contributed by atoms with E-state index in [1.165, 1.54) is 0 Å². The van der Waals surface area contributed by atoms with Crippen molar-refractivity contribution in [2.75, 3.05) is 33.4 Å². The van der Waals surface area contributed by atoms with Gasteiger partial charge in [-0.05, 0) is 12.0 Å².